The van der Waals surface area contributed by atoms with Gasteiger partial charge in [0.25, 0.3) is 0 Å². The Morgan fingerprint density at radius 3 is 2.83 bits per heavy atom. The van der Waals surface area contributed by atoms with E-state index in [0.717, 1.165) is 9.13 Å². The van der Waals surface area contributed by atoms with Crippen molar-refractivity contribution < 1.29 is 9.18 Å². The van der Waals surface area contributed by atoms with E-state index < -0.39 is 0 Å². The van der Waals surface area contributed by atoms with Gasteiger partial charge >= 0.3 is 0 Å². The summed E-state index contributed by atoms with van der Waals surface area (Å²) in [7, 11) is 0. The van der Waals surface area contributed by atoms with E-state index in [1.165, 1.54) is 6.07 Å². The van der Waals surface area contributed by atoms with Crippen LogP contribution in [0.5, 0.6) is 0 Å². The molecule has 0 aromatic heterocycles. The largest absolute Gasteiger partial charge is 0.303 e. The first-order valence-electron chi connectivity index (χ1n) is 3.53. The van der Waals surface area contributed by atoms with Crippen LogP contribution >= 0.6 is 22.6 Å². The van der Waals surface area contributed by atoms with Crippen LogP contribution in [0, 0.1) is 16.3 Å². The lowest BCUT2D eigenvalue weighted by Crippen LogP contribution is -1.94. The Balaban J connectivity index is 3.13. The molecule has 0 amide bonds. The molecule has 64 valence electrons. The number of hydrogen-bond donors (Lipinski definition) is 0. The second kappa shape index (κ2) is 3.98. The highest BCUT2D eigenvalue weighted by molar-refractivity contribution is 14.1. The Kier molecular flexibility index (Phi) is 3.20. The summed E-state index contributed by atoms with van der Waals surface area (Å²) in [5.41, 5.74) is 1.38. The predicted molar refractivity (Wildman–Crippen MR) is 53.6 cm³/mol. The molecule has 3 heteroatoms. The molecule has 0 aliphatic rings. The van der Waals surface area contributed by atoms with E-state index >= 15 is 0 Å². The molecule has 0 unspecified atom stereocenters. The molecule has 0 radical (unpaired) electrons. The minimum absolute atomic E-state index is 0.155. The molecule has 0 atom stereocenters. The second-order valence-electron chi connectivity index (χ2n) is 2.56. The van der Waals surface area contributed by atoms with Gasteiger partial charge in [0, 0.05) is 9.99 Å². The highest BCUT2D eigenvalue weighted by Crippen LogP contribution is 2.17. The van der Waals surface area contributed by atoms with Crippen molar-refractivity contribution in [3.8, 4) is 0 Å². The van der Waals surface area contributed by atoms with Gasteiger partial charge in [0.1, 0.15) is 12.1 Å². The quantitative estimate of drug-likeness (QED) is 0.600. The molecule has 0 saturated heterocycles. The van der Waals surface area contributed by atoms with Gasteiger partial charge < -0.3 is 4.79 Å². The summed E-state index contributed by atoms with van der Waals surface area (Å²) in [4.78, 5) is 10.2. The molecule has 0 fully saturated rings. The first kappa shape index (κ1) is 9.64. The van der Waals surface area contributed by atoms with Gasteiger partial charge in [-0.2, -0.15) is 0 Å². The molecule has 0 N–H and O–H groups in total. The van der Waals surface area contributed by atoms with E-state index in [4.69, 9.17) is 0 Å². The highest BCUT2D eigenvalue weighted by atomic mass is 127. The van der Waals surface area contributed by atoms with Crippen LogP contribution in [0.15, 0.2) is 12.1 Å². The van der Waals surface area contributed by atoms with Crippen molar-refractivity contribution in [1.82, 2.24) is 0 Å². The summed E-state index contributed by atoms with van der Waals surface area (Å²) in [5.74, 6) is -0.292. The Labute approximate surface area is 84.1 Å². The molecular weight excluding hydrogens is 270 g/mol. The summed E-state index contributed by atoms with van der Waals surface area (Å²) in [6.45, 7) is 1.84. The first-order chi connectivity index (χ1) is 5.65. The summed E-state index contributed by atoms with van der Waals surface area (Å²) < 4.78 is 14.0. The zero-order valence-electron chi connectivity index (χ0n) is 6.60. The Bertz CT molecular complexity index is 310. The number of carbonyl (C=O) groups excluding carboxylic acids is 1. The molecule has 1 nitrogen and oxygen atoms in total. The fourth-order valence-electron chi connectivity index (χ4n) is 0.934. The van der Waals surface area contributed by atoms with Crippen LogP contribution in [-0.2, 0) is 11.2 Å². The monoisotopic (exact) mass is 278 g/mol. The molecule has 12 heavy (non-hydrogen) atoms. The lowest BCUT2D eigenvalue weighted by molar-refractivity contribution is -0.107. The average Bonchev–Trinajstić information content (AvgIpc) is 2.01. The molecular formula is C9H8FIO. The minimum atomic E-state index is -0.292. The third-order valence-corrected chi connectivity index (χ3v) is 2.79. The smallest absolute Gasteiger partial charge is 0.127 e. The molecule has 0 heterocycles. The van der Waals surface area contributed by atoms with Gasteiger partial charge in [-0.1, -0.05) is 0 Å². The number of halogens is 2. The molecule has 0 aliphatic carbocycles. The van der Waals surface area contributed by atoms with Crippen LogP contribution < -0.4 is 0 Å². The predicted octanol–water partition coefficient (Wildman–Crippen LogP) is 2.48. The zero-order chi connectivity index (χ0) is 9.14. The number of carbonyl (C=O) groups is 1. The van der Waals surface area contributed by atoms with E-state index in [1.54, 1.807) is 6.07 Å². The minimum Gasteiger partial charge on any atom is -0.303 e. The van der Waals surface area contributed by atoms with Crippen LogP contribution in [0.4, 0.5) is 4.39 Å². The molecule has 1 aromatic rings. The van der Waals surface area contributed by atoms with E-state index in [2.05, 4.69) is 22.6 Å². The molecule has 0 saturated carbocycles. The Morgan fingerprint density at radius 2 is 2.25 bits per heavy atom. The van der Waals surface area contributed by atoms with Gasteiger partial charge in [-0.05, 0) is 52.8 Å². The van der Waals surface area contributed by atoms with Crippen LogP contribution in [0.25, 0.3) is 0 Å². The van der Waals surface area contributed by atoms with Crippen molar-refractivity contribution in [3.63, 3.8) is 0 Å². The maximum atomic E-state index is 13.1. The van der Waals surface area contributed by atoms with Crippen molar-refractivity contribution in [2.75, 3.05) is 0 Å². The Morgan fingerprint density at radius 1 is 1.58 bits per heavy atom. The van der Waals surface area contributed by atoms with Crippen LogP contribution in [0.1, 0.15) is 11.1 Å². The SMILES string of the molecule is Cc1cc(F)c(CC=O)cc1I. The first-order valence-corrected chi connectivity index (χ1v) is 4.61. The molecule has 0 spiro atoms. The van der Waals surface area contributed by atoms with Gasteiger partial charge in [0.15, 0.2) is 0 Å². The van der Waals surface area contributed by atoms with Crippen molar-refractivity contribution in [3.05, 3.63) is 32.6 Å². The maximum absolute atomic E-state index is 13.1. The molecule has 1 rings (SSSR count). The molecule has 1 aromatic carbocycles. The number of hydrogen-bond acceptors (Lipinski definition) is 1. The fourth-order valence-corrected chi connectivity index (χ4v) is 1.47. The summed E-state index contributed by atoms with van der Waals surface area (Å²) >= 11 is 2.12. The van der Waals surface area contributed by atoms with Gasteiger partial charge in [-0.25, -0.2) is 4.39 Å². The zero-order valence-corrected chi connectivity index (χ0v) is 8.76. The fraction of sp³-hybridized carbons (Fsp3) is 0.222. The third kappa shape index (κ3) is 2.03. The number of aryl methyl sites for hydroxylation is 1. The molecule has 0 aliphatic heterocycles. The number of rotatable bonds is 2. The van der Waals surface area contributed by atoms with Gasteiger partial charge in [0.05, 0.1) is 0 Å². The van der Waals surface area contributed by atoms with Crippen LogP contribution in [0.2, 0.25) is 0 Å². The van der Waals surface area contributed by atoms with E-state index in [-0.39, 0.29) is 12.2 Å². The second-order valence-corrected chi connectivity index (χ2v) is 3.73. The van der Waals surface area contributed by atoms with E-state index in [9.17, 15) is 9.18 Å². The van der Waals surface area contributed by atoms with Crippen molar-refractivity contribution in [1.29, 1.82) is 0 Å². The van der Waals surface area contributed by atoms with Crippen molar-refractivity contribution in [2.24, 2.45) is 0 Å². The van der Waals surface area contributed by atoms with Crippen molar-refractivity contribution in [2.45, 2.75) is 13.3 Å². The Hall–Kier alpha value is -0.450. The molecule has 0 bridgehead atoms. The number of benzene rings is 1. The maximum Gasteiger partial charge on any atom is 0.127 e. The number of aldehydes is 1. The van der Waals surface area contributed by atoms with Gasteiger partial charge in [0.2, 0.25) is 0 Å². The summed E-state index contributed by atoms with van der Waals surface area (Å²) in [5, 5.41) is 0. The topological polar surface area (TPSA) is 17.1 Å². The van der Waals surface area contributed by atoms with Gasteiger partial charge in [-0.3, -0.25) is 0 Å². The van der Waals surface area contributed by atoms with E-state index in [1.807, 2.05) is 6.92 Å². The highest BCUT2D eigenvalue weighted by Gasteiger charge is 2.04. The normalized spacial score (nSPS) is 9.92. The lowest BCUT2D eigenvalue weighted by atomic mass is 10.1. The van der Waals surface area contributed by atoms with E-state index in [0.29, 0.717) is 11.8 Å². The van der Waals surface area contributed by atoms with Crippen molar-refractivity contribution >= 4 is 28.9 Å². The van der Waals surface area contributed by atoms with Gasteiger partial charge in [-0.15, -0.1) is 0 Å². The van der Waals surface area contributed by atoms with Crippen LogP contribution in [0.3, 0.4) is 0 Å². The third-order valence-electron chi connectivity index (χ3n) is 1.63. The standard InChI is InChI=1S/C9H8FIO/c1-6-4-8(10)7(2-3-12)5-9(6)11/h3-5H,2H2,1H3. The average molecular weight is 278 g/mol. The summed E-state index contributed by atoms with van der Waals surface area (Å²) in [6.07, 6.45) is 0.867. The summed E-state index contributed by atoms with van der Waals surface area (Å²) in [6, 6.07) is 3.17. The lowest BCUT2D eigenvalue weighted by Gasteiger charge is -2.02. The van der Waals surface area contributed by atoms with Crippen LogP contribution in [-0.4, -0.2) is 6.29 Å².